The van der Waals surface area contributed by atoms with Gasteiger partial charge >= 0.3 is 0 Å². The highest BCUT2D eigenvalue weighted by Crippen LogP contribution is 2.28. The molecule has 0 aromatic heterocycles. The molecule has 0 spiro atoms. The second-order valence-electron chi connectivity index (χ2n) is 7.06. The van der Waals surface area contributed by atoms with E-state index in [0.717, 1.165) is 19.5 Å². The molecule has 2 aromatic rings. The lowest BCUT2D eigenvalue weighted by Crippen LogP contribution is -3.09. The first-order valence-electron chi connectivity index (χ1n) is 9.25. The lowest BCUT2D eigenvalue weighted by atomic mass is 10.2. The fourth-order valence-corrected chi connectivity index (χ4v) is 4.97. The van der Waals surface area contributed by atoms with Crippen molar-refractivity contribution in [1.82, 2.24) is 4.90 Å². The largest absolute Gasteiger partial charge is 0.336 e. The number of carbonyl (C=O) groups excluding carboxylic acids is 1. The maximum atomic E-state index is 13.1. The number of hydrogen-bond donors (Lipinski definition) is 1. The van der Waals surface area contributed by atoms with E-state index in [2.05, 4.69) is 7.05 Å². The Labute approximate surface area is 171 Å². The third-order valence-electron chi connectivity index (χ3n) is 5.06. The lowest BCUT2D eigenvalue weighted by Gasteiger charge is -2.22. The van der Waals surface area contributed by atoms with Crippen molar-refractivity contribution in [2.24, 2.45) is 0 Å². The topological polar surface area (TPSA) is 62.1 Å². The minimum atomic E-state index is -3.90. The van der Waals surface area contributed by atoms with Crippen LogP contribution in [0, 0.1) is 0 Å². The molecule has 0 bridgehead atoms. The number of hydrogen-bond acceptors (Lipinski definition) is 3. The van der Waals surface area contributed by atoms with Gasteiger partial charge in [-0.25, -0.2) is 8.42 Å². The van der Waals surface area contributed by atoms with Crippen LogP contribution in [0.25, 0.3) is 0 Å². The van der Waals surface area contributed by atoms with Crippen LogP contribution in [0.2, 0.25) is 5.02 Å². The van der Waals surface area contributed by atoms with Crippen LogP contribution < -0.4 is 9.21 Å². The Balaban J connectivity index is 1.92. The molecule has 1 saturated heterocycles. The average molecular weight is 423 g/mol. The highest BCUT2D eigenvalue weighted by Gasteiger charge is 2.27. The van der Waals surface area contributed by atoms with Gasteiger partial charge in [-0.3, -0.25) is 9.10 Å². The van der Waals surface area contributed by atoms with Crippen LogP contribution in [0.15, 0.2) is 53.4 Å². The van der Waals surface area contributed by atoms with Gasteiger partial charge in [-0.2, -0.15) is 0 Å². The number of anilines is 1. The zero-order valence-electron chi connectivity index (χ0n) is 16.1. The van der Waals surface area contributed by atoms with Crippen LogP contribution in [0.5, 0.6) is 0 Å². The number of likely N-dealkylation sites (N-methyl/N-ethyl adjacent to an activating group) is 1. The molecule has 1 unspecified atom stereocenters. The van der Waals surface area contributed by atoms with E-state index in [0.29, 0.717) is 24.3 Å². The minimum Gasteiger partial charge on any atom is -0.336 e. The summed E-state index contributed by atoms with van der Waals surface area (Å²) in [6, 6.07) is 13.2. The standard InChI is InChI=1S/C20H24ClN3O3S/c1-22-11-6-12-24(14-13-22)20(25)16-9-10-18(21)19(15-16)28(26,27)23(2)17-7-4-3-5-8-17/h3-5,7-10,15H,6,11-14H2,1-2H3/p+1. The Bertz CT molecular complexity index is 950. The molecule has 6 nitrogen and oxygen atoms in total. The van der Waals surface area contributed by atoms with Crippen molar-refractivity contribution in [2.45, 2.75) is 11.3 Å². The van der Waals surface area contributed by atoms with Crippen LogP contribution in [0.3, 0.4) is 0 Å². The van der Waals surface area contributed by atoms with Crippen LogP contribution in [-0.2, 0) is 10.0 Å². The number of quaternary nitrogens is 1. The molecular weight excluding hydrogens is 398 g/mol. The predicted octanol–water partition coefficient (Wildman–Crippen LogP) is 1.53. The molecule has 2 aromatic carbocycles. The third-order valence-corrected chi connectivity index (χ3v) is 7.33. The number of amides is 1. The number of nitrogens with zero attached hydrogens (tertiary/aromatic N) is 2. The maximum absolute atomic E-state index is 13.1. The van der Waals surface area contributed by atoms with Crippen molar-refractivity contribution in [3.8, 4) is 0 Å². The molecule has 1 aliphatic heterocycles. The van der Waals surface area contributed by atoms with Gasteiger partial charge in [0, 0.05) is 25.6 Å². The highest BCUT2D eigenvalue weighted by molar-refractivity contribution is 7.93. The molecule has 0 radical (unpaired) electrons. The van der Waals surface area contributed by atoms with Gasteiger partial charge in [-0.15, -0.1) is 0 Å². The fourth-order valence-electron chi connectivity index (χ4n) is 3.28. The maximum Gasteiger partial charge on any atom is 0.265 e. The molecule has 1 amide bonds. The normalized spacial score (nSPS) is 17.8. The Morgan fingerprint density at radius 1 is 1.11 bits per heavy atom. The Kier molecular flexibility index (Phi) is 6.27. The van der Waals surface area contributed by atoms with Gasteiger partial charge in [0.1, 0.15) is 4.90 Å². The van der Waals surface area contributed by atoms with Crippen LogP contribution >= 0.6 is 11.6 Å². The average Bonchev–Trinajstić information content (AvgIpc) is 2.92. The van der Waals surface area contributed by atoms with E-state index >= 15 is 0 Å². The van der Waals surface area contributed by atoms with Gasteiger partial charge in [0.05, 0.1) is 37.4 Å². The van der Waals surface area contributed by atoms with Gasteiger partial charge in [0.15, 0.2) is 0 Å². The van der Waals surface area contributed by atoms with Crippen LogP contribution in [0.4, 0.5) is 5.69 Å². The van der Waals surface area contributed by atoms with Gasteiger partial charge in [0.2, 0.25) is 0 Å². The van der Waals surface area contributed by atoms with E-state index in [-0.39, 0.29) is 15.8 Å². The minimum absolute atomic E-state index is 0.0658. The lowest BCUT2D eigenvalue weighted by molar-refractivity contribution is -0.877. The van der Waals surface area contributed by atoms with Crippen molar-refractivity contribution in [3.05, 3.63) is 59.1 Å². The first-order chi connectivity index (χ1) is 13.3. The van der Waals surface area contributed by atoms with Crippen molar-refractivity contribution in [3.63, 3.8) is 0 Å². The third kappa shape index (κ3) is 4.32. The van der Waals surface area contributed by atoms with Crippen molar-refractivity contribution in [1.29, 1.82) is 0 Å². The van der Waals surface area contributed by atoms with Gasteiger partial charge in [-0.05, 0) is 30.3 Å². The number of carbonyl (C=O) groups is 1. The molecule has 150 valence electrons. The summed E-state index contributed by atoms with van der Waals surface area (Å²) in [5, 5.41) is 0.0966. The summed E-state index contributed by atoms with van der Waals surface area (Å²) in [4.78, 5) is 16.1. The summed E-state index contributed by atoms with van der Waals surface area (Å²) in [5.74, 6) is -0.162. The number of halogens is 1. The van der Waals surface area contributed by atoms with Gasteiger partial charge < -0.3 is 9.80 Å². The quantitative estimate of drug-likeness (QED) is 0.812. The first-order valence-corrected chi connectivity index (χ1v) is 11.1. The molecule has 1 atom stereocenters. The summed E-state index contributed by atoms with van der Waals surface area (Å²) >= 11 is 6.21. The fraction of sp³-hybridized carbons (Fsp3) is 0.350. The number of para-hydroxylation sites is 1. The zero-order chi connectivity index (χ0) is 20.3. The van der Waals surface area contributed by atoms with E-state index in [1.807, 2.05) is 6.07 Å². The second-order valence-corrected chi connectivity index (χ2v) is 9.40. The number of nitrogens with one attached hydrogen (secondary N) is 1. The molecule has 0 aliphatic carbocycles. The van der Waals surface area contributed by atoms with E-state index in [1.54, 1.807) is 35.2 Å². The summed E-state index contributed by atoms with van der Waals surface area (Å²) in [7, 11) is -0.312. The predicted molar refractivity (Wildman–Crippen MR) is 111 cm³/mol. The summed E-state index contributed by atoms with van der Waals surface area (Å²) in [5.41, 5.74) is 0.859. The molecular formula is C20H25ClN3O3S+. The molecule has 0 saturated carbocycles. The van der Waals surface area contributed by atoms with Gasteiger partial charge in [0.25, 0.3) is 15.9 Å². The molecule has 1 fully saturated rings. The molecule has 28 heavy (non-hydrogen) atoms. The van der Waals surface area contributed by atoms with E-state index in [1.165, 1.54) is 28.4 Å². The summed E-state index contributed by atoms with van der Waals surface area (Å²) in [6.45, 7) is 3.22. The molecule has 1 N–H and O–H groups in total. The number of rotatable bonds is 4. The van der Waals surface area contributed by atoms with Crippen molar-refractivity contribution in [2.75, 3.05) is 44.6 Å². The smallest absolute Gasteiger partial charge is 0.265 e. The highest BCUT2D eigenvalue weighted by atomic mass is 35.5. The summed E-state index contributed by atoms with van der Waals surface area (Å²) in [6.07, 6.45) is 0.924. The summed E-state index contributed by atoms with van der Waals surface area (Å²) < 4.78 is 27.4. The Morgan fingerprint density at radius 2 is 1.82 bits per heavy atom. The van der Waals surface area contributed by atoms with Gasteiger partial charge in [-0.1, -0.05) is 29.8 Å². The molecule has 8 heteroatoms. The van der Waals surface area contributed by atoms with E-state index < -0.39 is 10.0 Å². The SMILES string of the molecule is CN(c1ccccc1)S(=O)(=O)c1cc(C(=O)N2CCC[NH+](C)CC2)ccc1Cl. The monoisotopic (exact) mass is 422 g/mol. The van der Waals surface area contributed by atoms with E-state index in [9.17, 15) is 13.2 Å². The first kappa shape index (κ1) is 20.6. The molecule has 1 heterocycles. The number of benzene rings is 2. The number of sulfonamides is 1. The Hall–Kier alpha value is -2.09. The zero-order valence-corrected chi connectivity index (χ0v) is 17.6. The van der Waals surface area contributed by atoms with Crippen LogP contribution in [0.1, 0.15) is 16.8 Å². The molecule has 3 rings (SSSR count). The molecule has 1 aliphatic rings. The Morgan fingerprint density at radius 3 is 2.54 bits per heavy atom. The van der Waals surface area contributed by atoms with Crippen molar-refractivity contribution >= 4 is 33.2 Å². The second kappa shape index (κ2) is 8.51. The van der Waals surface area contributed by atoms with E-state index in [4.69, 9.17) is 11.6 Å². The van der Waals surface area contributed by atoms with Crippen molar-refractivity contribution < 1.29 is 18.1 Å². The van der Waals surface area contributed by atoms with Crippen LogP contribution in [-0.4, -0.2) is 59.5 Å².